The molecule has 168 valence electrons. The zero-order valence-electron chi connectivity index (χ0n) is 20.1. The van der Waals surface area contributed by atoms with Gasteiger partial charge in [-0.3, -0.25) is 4.79 Å². The number of allylic oxidation sites excluding steroid dienone is 3. The van der Waals surface area contributed by atoms with Crippen molar-refractivity contribution in [3.8, 4) is 0 Å². The van der Waals surface area contributed by atoms with Crippen molar-refractivity contribution in [1.82, 2.24) is 0 Å². The molecule has 4 aliphatic rings. The summed E-state index contributed by atoms with van der Waals surface area (Å²) >= 11 is 0. The van der Waals surface area contributed by atoms with E-state index in [2.05, 4.69) is 45.6 Å². The molecule has 0 radical (unpaired) electrons. The van der Waals surface area contributed by atoms with Gasteiger partial charge in [0.15, 0.2) is 0 Å². The van der Waals surface area contributed by atoms with Crippen LogP contribution in [0, 0.1) is 34.5 Å². The van der Waals surface area contributed by atoms with Crippen LogP contribution in [0.3, 0.4) is 0 Å². The summed E-state index contributed by atoms with van der Waals surface area (Å²) < 4.78 is 12.1. The second kappa shape index (κ2) is 7.83. The highest BCUT2D eigenvalue weighted by Crippen LogP contribution is 2.67. The molecule has 4 heteroatoms. The molecule has 0 aliphatic heterocycles. The Kier molecular flexibility index (Phi) is 5.79. The lowest BCUT2D eigenvalue weighted by Crippen LogP contribution is -2.51. The lowest BCUT2D eigenvalue weighted by molar-refractivity contribution is -0.141. The smallest absolute Gasteiger partial charge is 0.302 e. The molecule has 4 rings (SSSR count). The Morgan fingerprint density at radius 1 is 1.10 bits per heavy atom. The lowest BCUT2D eigenvalue weighted by Gasteiger charge is -2.58. The minimum Gasteiger partial charge on any atom is -0.547 e. The van der Waals surface area contributed by atoms with E-state index >= 15 is 0 Å². The van der Waals surface area contributed by atoms with Crippen molar-refractivity contribution in [2.45, 2.75) is 91.8 Å². The van der Waals surface area contributed by atoms with Gasteiger partial charge in [0.05, 0.1) is 12.4 Å². The molecule has 0 bridgehead atoms. The Hall–Kier alpha value is -1.03. The van der Waals surface area contributed by atoms with Gasteiger partial charge in [-0.2, -0.15) is 0 Å². The van der Waals surface area contributed by atoms with E-state index in [4.69, 9.17) is 9.16 Å². The molecule has 0 N–H and O–H groups in total. The monoisotopic (exact) mass is 430 g/mol. The molecule has 0 aromatic carbocycles. The number of hydrogen-bond acceptors (Lipinski definition) is 3. The molecule has 30 heavy (non-hydrogen) atoms. The van der Waals surface area contributed by atoms with Crippen LogP contribution in [0.4, 0.5) is 0 Å². The zero-order valence-corrected chi connectivity index (χ0v) is 21.1. The number of esters is 1. The highest BCUT2D eigenvalue weighted by molar-refractivity contribution is 6.70. The summed E-state index contributed by atoms with van der Waals surface area (Å²) in [7, 11) is -1.64. The third kappa shape index (κ3) is 3.71. The Bertz CT molecular complexity index is 748. The van der Waals surface area contributed by atoms with Crippen LogP contribution >= 0.6 is 0 Å². The molecule has 0 aromatic rings. The first-order valence-electron chi connectivity index (χ1n) is 12.3. The number of ether oxygens (including phenoxy) is 1. The van der Waals surface area contributed by atoms with Gasteiger partial charge in [-0.25, -0.2) is 0 Å². The quantitative estimate of drug-likeness (QED) is 0.271. The van der Waals surface area contributed by atoms with Crippen LogP contribution in [0.2, 0.25) is 19.6 Å². The first-order valence-corrected chi connectivity index (χ1v) is 15.7. The van der Waals surface area contributed by atoms with Crippen molar-refractivity contribution in [1.29, 1.82) is 0 Å². The summed E-state index contributed by atoms with van der Waals surface area (Å²) in [6.07, 6.45) is 14.9. The molecule has 0 saturated heterocycles. The van der Waals surface area contributed by atoms with Crippen LogP contribution < -0.4 is 0 Å². The number of carbonyl (C=O) groups excluding carboxylic acids is 1. The Labute approximate surface area is 184 Å². The minimum absolute atomic E-state index is 0.110. The van der Waals surface area contributed by atoms with Gasteiger partial charge in [-0.05, 0) is 113 Å². The molecule has 0 unspecified atom stereocenters. The predicted molar refractivity (Wildman–Crippen MR) is 124 cm³/mol. The summed E-state index contributed by atoms with van der Waals surface area (Å²) in [5.41, 5.74) is 2.18. The van der Waals surface area contributed by atoms with Gasteiger partial charge in [0.25, 0.3) is 0 Å². The maximum Gasteiger partial charge on any atom is 0.302 e. The van der Waals surface area contributed by atoms with Crippen molar-refractivity contribution in [2.24, 2.45) is 34.5 Å². The Morgan fingerprint density at radius 3 is 2.57 bits per heavy atom. The third-order valence-corrected chi connectivity index (χ3v) is 9.99. The Balaban J connectivity index is 1.56. The highest BCUT2D eigenvalue weighted by atomic mass is 28.4. The standard InChI is InChI=1S/C26H42O3Si/c1-18(27)28-17-15-19-11-13-22-21-12-10-20-8-7-9-24(29-30(4,5)6)26(20,3)23(21)14-16-25(19,22)2/h8-9,19,21-23H,7,10-17H2,1-6H3/t19-,21+,22+,23+,25-,26+/m1/s1. The van der Waals surface area contributed by atoms with Gasteiger partial charge in [-0.15, -0.1) is 0 Å². The van der Waals surface area contributed by atoms with E-state index in [-0.39, 0.29) is 11.4 Å². The summed E-state index contributed by atoms with van der Waals surface area (Å²) in [4.78, 5) is 11.2. The summed E-state index contributed by atoms with van der Waals surface area (Å²) in [5.74, 6) is 4.19. The van der Waals surface area contributed by atoms with Crippen LogP contribution in [-0.2, 0) is 14.0 Å². The summed E-state index contributed by atoms with van der Waals surface area (Å²) in [6, 6.07) is 0. The predicted octanol–water partition coefficient (Wildman–Crippen LogP) is 6.86. The average Bonchev–Trinajstić information content (AvgIpc) is 2.98. The summed E-state index contributed by atoms with van der Waals surface area (Å²) in [6.45, 7) is 14.1. The van der Waals surface area contributed by atoms with Crippen molar-refractivity contribution in [3.05, 3.63) is 23.5 Å². The summed E-state index contributed by atoms with van der Waals surface area (Å²) in [5, 5.41) is 0. The largest absolute Gasteiger partial charge is 0.547 e. The topological polar surface area (TPSA) is 35.5 Å². The Morgan fingerprint density at radius 2 is 1.87 bits per heavy atom. The van der Waals surface area contributed by atoms with Crippen LogP contribution in [-0.4, -0.2) is 20.9 Å². The highest BCUT2D eigenvalue weighted by Gasteiger charge is 2.60. The van der Waals surface area contributed by atoms with Gasteiger partial charge in [-0.1, -0.05) is 18.6 Å². The minimum atomic E-state index is -1.64. The first-order chi connectivity index (χ1) is 14.1. The third-order valence-electron chi connectivity index (χ3n) is 9.16. The van der Waals surface area contributed by atoms with Crippen LogP contribution in [0.25, 0.3) is 0 Å². The van der Waals surface area contributed by atoms with E-state index in [1.54, 1.807) is 5.57 Å². The zero-order chi connectivity index (χ0) is 21.7. The van der Waals surface area contributed by atoms with Crippen LogP contribution in [0.5, 0.6) is 0 Å². The van der Waals surface area contributed by atoms with E-state index in [0.717, 1.165) is 24.7 Å². The number of hydrogen-bond donors (Lipinski definition) is 0. The second-order valence-electron chi connectivity index (χ2n) is 11.8. The van der Waals surface area contributed by atoms with Crippen molar-refractivity contribution >= 4 is 14.3 Å². The molecule has 0 heterocycles. The molecular formula is C26H42O3Si. The van der Waals surface area contributed by atoms with Crippen LogP contribution in [0.1, 0.15) is 72.1 Å². The molecule has 3 fully saturated rings. The lowest BCUT2D eigenvalue weighted by atomic mass is 9.47. The van der Waals surface area contributed by atoms with Crippen molar-refractivity contribution in [3.63, 3.8) is 0 Å². The maximum atomic E-state index is 11.2. The molecule has 0 spiro atoms. The van der Waals surface area contributed by atoms with Gasteiger partial charge in [0.2, 0.25) is 8.32 Å². The van der Waals surface area contributed by atoms with Crippen molar-refractivity contribution in [2.75, 3.05) is 6.61 Å². The van der Waals surface area contributed by atoms with Gasteiger partial charge in [0, 0.05) is 12.3 Å². The molecule has 0 aromatic heterocycles. The molecule has 4 aliphatic carbocycles. The molecule has 3 nitrogen and oxygen atoms in total. The fourth-order valence-electron chi connectivity index (χ4n) is 7.81. The first kappa shape index (κ1) is 22.2. The fraction of sp³-hybridized carbons (Fsp3) is 0.808. The maximum absolute atomic E-state index is 11.2. The number of rotatable bonds is 5. The molecule has 3 saturated carbocycles. The van der Waals surface area contributed by atoms with E-state index in [9.17, 15) is 4.79 Å². The van der Waals surface area contributed by atoms with E-state index in [0.29, 0.717) is 23.9 Å². The van der Waals surface area contributed by atoms with Gasteiger partial charge >= 0.3 is 5.97 Å². The number of fused-ring (bicyclic) bond motifs is 5. The van der Waals surface area contributed by atoms with E-state index in [1.165, 1.54) is 51.2 Å². The SMILES string of the molecule is CC(=O)OCC[C@H]1CC[C@H]2[C@@H]3CCC4=CCC=C(O[Si](C)(C)C)[C@]4(C)[C@H]3CC[C@]12C. The average molecular weight is 431 g/mol. The van der Waals surface area contributed by atoms with Crippen LogP contribution in [0.15, 0.2) is 23.5 Å². The second-order valence-corrected chi connectivity index (χ2v) is 16.2. The molecule has 0 amide bonds. The van der Waals surface area contributed by atoms with E-state index in [1.807, 2.05) is 0 Å². The van der Waals surface area contributed by atoms with E-state index < -0.39 is 8.32 Å². The molecular weight excluding hydrogens is 388 g/mol. The molecule has 6 atom stereocenters. The fourth-order valence-corrected chi connectivity index (χ4v) is 8.76. The normalized spacial score (nSPS) is 40.5. The van der Waals surface area contributed by atoms with Gasteiger partial charge in [0.1, 0.15) is 0 Å². The van der Waals surface area contributed by atoms with Gasteiger partial charge < -0.3 is 9.16 Å². The number of carbonyl (C=O) groups is 1. The van der Waals surface area contributed by atoms with Crippen molar-refractivity contribution < 1.29 is 14.0 Å².